The predicted molar refractivity (Wildman–Crippen MR) is 63.0 cm³/mol. The van der Waals surface area contributed by atoms with E-state index in [1.807, 2.05) is 22.6 Å². The molecule has 0 fully saturated rings. The van der Waals surface area contributed by atoms with E-state index < -0.39 is 12.3 Å². The van der Waals surface area contributed by atoms with Gasteiger partial charge in [-0.1, -0.05) is 0 Å². The van der Waals surface area contributed by atoms with E-state index in [0.29, 0.717) is 11.4 Å². The first-order chi connectivity index (χ1) is 6.93. The summed E-state index contributed by atoms with van der Waals surface area (Å²) in [6.07, 6.45) is -3.00. The van der Waals surface area contributed by atoms with Crippen LogP contribution in [0.3, 0.4) is 0 Å². The Labute approximate surface area is 99.4 Å². The lowest BCUT2D eigenvalue weighted by molar-refractivity contribution is -0.128. The van der Waals surface area contributed by atoms with Crippen molar-refractivity contribution in [1.82, 2.24) is 0 Å². The maximum atomic E-state index is 12.1. The number of carbonyl (C=O) groups is 1. The van der Waals surface area contributed by atoms with Gasteiger partial charge in [-0.15, -0.1) is 0 Å². The van der Waals surface area contributed by atoms with Gasteiger partial charge >= 0.3 is 6.43 Å². The van der Waals surface area contributed by atoms with Crippen molar-refractivity contribution in [2.45, 2.75) is 6.43 Å². The fraction of sp³-hybridized carbons (Fsp3) is 0.222. The third kappa shape index (κ3) is 2.77. The van der Waals surface area contributed by atoms with E-state index in [4.69, 9.17) is 5.73 Å². The summed E-state index contributed by atoms with van der Waals surface area (Å²) in [5.74, 6) is -1.23. The number of hydrogen-bond donors (Lipinski definition) is 1. The lowest BCUT2D eigenvalue weighted by Crippen LogP contribution is -2.31. The molecule has 6 heteroatoms. The van der Waals surface area contributed by atoms with Gasteiger partial charge in [-0.3, -0.25) is 4.79 Å². The maximum absolute atomic E-state index is 12.1. The summed E-state index contributed by atoms with van der Waals surface area (Å²) in [5, 5.41) is 0. The van der Waals surface area contributed by atoms with Crippen LogP contribution in [0.25, 0.3) is 0 Å². The first-order valence-electron chi connectivity index (χ1n) is 4.04. The van der Waals surface area contributed by atoms with Crippen molar-refractivity contribution in [1.29, 1.82) is 0 Å². The molecule has 0 radical (unpaired) electrons. The van der Waals surface area contributed by atoms with Crippen LogP contribution in [-0.2, 0) is 4.79 Å². The monoisotopic (exact) mass is 326 g/mol. The molecule has 0 aliphatic rings. The summed E-state index contributed by atoms with van der Waals surface area (Å²) < 4.78 is 25.0. The van der Waals surface area contributed by atoms with Crippen LogP contribution in [0.15, 0.2) is 18.2 Å². The molecule has 0 aromatic heterocycles. The zero-order valence-electron chi connectivity index (χ0n) is 7.88. The minimum Gasteiger partial charge on any atom is -0.398 e. The van der Waals surface area contributed by atoms with Crippen LogP contribution in [-0.4, -0.2) is 19.4 Å². The molecule has 0 unspecified atom stereocenters. The van der Waals surface area contributed by atoms with Crippen LogP contribution in [0.5, 0.6) is 0 Å². The summed E-state index contributed by atoms with van der Waals surface area (Å²) >= 11 is 1.97. The number of alkyl halides is 2. The van der Waals surface area contributed by atoms with Gasteiger partial charge in [-0.25, -0.2) is 0 Å². The van der Waals surface area contributed by atoms with Crippen LogP contribution in [0.1, 0.15) is 0 Å². The van der Waals surface area contributed by atoms with Gasteiger partial charge in [0.15, 0.2) is 0 Å². The number of nitrogen functional groups attached to an aromatic ring is 1. The third-order valence-corrected chi connectivity index (χ3v) is 2.82. The van der Waals surface area contributed by atoms with Gasteiger partial charge in [0.2, 0.25) is 0 Å². The Kier molecular flexibility index (Phi) is 3.83. The first-order valence-corrected chi connectivity index (χ1v) is 5.12. The van der Waals surface area contributed by atoms with E-state index in [1.54, 1.807) is 12.1 Å². The lowest BCUT2D eigenvalue weighted by atomic mass is 10.2. The van der Waals surface area contributed by atoms with E-state index in [0.717, 1.165) is 8.47 Å². The van der Waals surface area contributed by atoms with Crippen molar-refractivity contribution in [2.75, 3.05) is 17.7 Å². The Balaban J connectivity index is 2.97. The topological polar surface area (TPSA) is 46.3 Å². The van der Waals surface area contributed by atoms with Gasteiger partial charge in [-0.2, -0.15) is 8.78 Å². The number of carbonyl (C=O) groups excluding carboxylic acids is 1. The van der Waals surface area contributed by atoms with Crippen molar-refractivity contribution in [3.05, 3.63) is 21.8 Å². The zero-order chi connectivity index (χ0) is 11.6. The predicted octanol–water partition coefficient (Wildman–Crippen LogP) is 2.10. The summed E-state index contributed by atoms with van der Waals surface area (Å²) in [4.78, 5) is 11.9. The molecule has 1 aromatic rings. The smallest absolute Gasteiger partial charge is 0.316 e. The maximum Gasteiger partial charge on any atom is 0.316 e. The molecule has 1 amide bonds. The highest BCUT2D eigenvalue weighted by Crippen LogP contribution is 2.22. The second-order valence-corrected chi connectivity index (χ2v) is 4.07. The van der Waals surface area contributed by atoms with E-state index in [-0.39, 0.29) is 0 Å². The number of halogens is 3. The van der Waals surface area contributed by atoms with Crippen molar-refractivity contribution >= 4 is 39.9 Å². The Morgan fingerprint density at radius 3 is 2.60 bits per heavy atom. The van der Waals surface area contributed by atoms with Gasteiger partial charge in [-0.05, 0) is 40.8 Å². The average Bonchev–Trinajstić information content (AvgIpc) is 2.19. The molecule has 1 rings (SSSR count). The molecule has 0 atom stereocenters. The number of hydrogen-bond acceptors (Lipinski definition) is 2. The molecule has 0 aliphatic carbocycles. The van der Waals surface area contributed by atoms with Crippen LogP contribution in [0.4, 0.5) is 20.2 Å². The highest BCUT2D eigenvalue weighted by atomic mass is 127. The molecule has 3 nitrogen and oxygen atoms in total. The second kappa shape index (κ2) is 4.73. The van der Waals surface area contributed by atoms with Crippen LogP contribution in [0, 0.1) is 3.57 Å². The lowest BCUT2D eigenvalue weighted by Gasteiger charge is -2.17. The van der Waals surface area contributed by atoms with Crippen molar-refractivity contribution in [3.63, 3.8) is 0 Å². The number of nitrogens with zero attached hydrogens (tertiary/aromatic N) is 1. The van der Waals surface area contributed by atoms with Gasteiger partial charge in [0, 0.05) is 22.0 Å². The molecular weight excluding hydrogens is 317 g/mol. The molecule has 0 spiro atoms. The fourth-order valence-electron chi connectivity index (χ4n) is 0.998. The van der Waals surface area contributed by atoms with Crippen LogP contribution >= 0.6 is 22.6 Å². The summed E-state index contributed by atoms with van der Waals surface area (Å²) in [7, 11) is 1.30. The largest absolute Gasteiger partial charge is 0.398 e. The fourth-order valence-corrected chi connectivity index (χ4v) is 1.50. The minimum absolute atomic E-state index is 0.402. The molecule has 82 valence electrons. The average molecular weight is 326 g/mol. The summed E-state index contributed by atoms with van der Waals surface area (Å²) in [6, 6.07) is 4.68. The van der Waals surface area contributed by atoms with Crippen LogP contribution < -0.4 is 10.6 Å². The SMILES string of the molecule is CN(C(=O)C(F)F)c1ccc(N)c(I)c1. The van der Waals surface area contributed by atoms with Gasteiger partial charge in [0.05, 0.1) is 0 Å². The zero-order valence-corrected chi connectivity index (χ0v) is 10.0. The van der Waals surface area contributed by atoms with Gasteiger partial charge in [0.1, 0.15) is 0 Å². The normalized spacial score (nSPS) is 10.5. The highest BCUT2D eigenvalue weighted by molar-refractivity contribution is 14.1. The number of nitrogens with two attached hydrogens (primary N) is 1. The van der Waals surface area contributed by atoms with E-state index >= 15 is 0 Å². The molecule has 0 bridgehead atoms. The number of rotatable bonds is 2. The van der Waals surface area contributed by atoms with E-state index in [2.05, 4.69) is 0 Å². The second-order valence-electron chi connectivity index (χ2n) is 2.90. The molecule has 1 aromatic carbocycles. The first kappa shape index (κ1) is 12.2. The van der Waals surface area contributed by atoms with E-state index in [9.17, 15) is 13.6 Å². The Bertz CT molecular complexity index is 384. The van der Waals surface area contributed by atoms with Gasteiger partial charge in [0.25, 0.3) is 5.91 Å². The molecule has 0 saturated carbocycles. The highest BCUT2D eigenvalue weighted by Gasteiger charge is 2.21. The number of anilines is 2. The third-order valence-electron chi connectivity index (χ3n) is 1.89. The standard InChI is InChI=1S/C9H9F2IN2O/c1-14(9(15)8(10)11)5-2-3-7(13)6(12)4-5/h2-4,8H,13H2,1H3. The number of benzene rings is 1. The quantitative estimate of drug-likeness (QED) is 0.668. The Morgan fingerprint density at radius 2 is 2.13 bits per heavy atom. The minimum atomic E-state index is -3.00. The molecule has 0 aliphatic heterocycles. The summed E-state index contributed by atoms with van der Waals surface area (Å²) in [6.45, 7) is 0. The molecule has 2 N–H and O–H groups in total. The number of amides is 1. The molecule has 0 saturated heterocycles. The van der Waals surface area contributed by atoms with Gasteiger partial charge < -0.3 is 10.6 Å². The molecule has 15 heavy (non-hydrogen) atoms. The van der Waals surface area contributed by atoms with Crippen LogP contribution in [0.2, 0.25) is 0 Å². The van der Waals surface area contributed by atoms with Crippen molar-refractivity contribution in [3.8, 4) is 0 Å². The molecular formula is C9H9F2IN2O. The summed E-state index contributed by atoms with van der Waals surface area (Å²) in [5.41, 5.74) is 6.52. The Hall–Kier alpha value is -0.920. The van der Waals surface area contributed by atoms with E-state index in [1.165, 1.54) is 13.1 Å². The van der Waals surface area contributed by atoms with Crippen molar-refractivity contribution < 1.29 is 13.6 Å². The Morgan fingerprint density at radius 1 is 1.53 bits per heavy atom. The van der Waals surface area contributed by atoms with Crippen molar-refractivity contribution in [2.24, 2.45) is 0 Å². The molecule has 0 heterocycles.